The van der Waals surface area contributed by atoms with Crippen LogP contribution >= 0.6 is 12.4 Å². The molecule has 19 heavy (non-hydrogen) atoms. The van der Waals surface area contributed by atoms with Gasteiger partial charge in [0.15, 0.2) is 5.69 Å². The maximum Gasteiger partial charge on any atom is 0.323 e. The number of aromatic nitrogens is 1. The molecule has 2 fully saturated rings. The lowest BCUT2D eigenvalue weighted by Gasteiger charge is -2.06. The Morgan fingerprint density at radius 3 is 2.63 bits per heavy atom. The summed E-state index contributed by atoms with van der Waals surface area (Å²) in [7, 11) is 1.53. The van der Waals surface area contributed by atoms with Crippen LogP contribution in [0.15, 0.2) is 12.1 Å². The van der Waals surface area contributed by atoms with Gasteiger partial charge in [0.25, 0.3) is 5.91 Å². The quantitative estimate of drug-likeness (QED) is 0.618. The van der Waals surface area contributed by atoms with Crippen molar-refractivity contribution in [2.75, 3.05) is 13.1 Å². The number of nitrogens with zero attached hydrogens (tertiary/aromatic N) is 2. The summed E-state index contributed by atoms with van der Waals surface area (Å²) in [4.78, 5) is 22.2. The van der Waals surface area contributed by atoms with Gasteiger partial charge in [-0.05, 0) is 22.8 Å². The minimum absolute atomic E-state index is 0. The van der Waals surface area contributed by atoms with Gasteiger partial charge in [-0.15, -0.1) is 12.4 Å². The van der Waals surface area contributed by atoms with Crippen molar-refractivity contribution in [3.05, 3.63) is 27.9 Å². The zero-order valence-corrected chi connectivity index (χ0v) is 11.1. The van der Waals surface area contributed by atoms with Gasteiger partial charge in [0.2, 0.25) is 0 Å². The molecule has 2 aliphatic rings. The highest BCUT2D eigenvalue weighted by atomic mass is 35.5. The van der Waals surface area contributed by atoms with Crippen molar-refractivity contribution in [3.8, 4) is 0 Å². The van der Waals surface area contributed by atoms with Crippen LogP contribution in [0.1, 0.15) is 10.5 Å². The smallest absolute Gasteiger partial charge is 0.323 e. The SMILES string of the molecule is Cl.Cn1c(C(=O)NC2C3CNCC32)ccc1[N+](=O)[O-]. The van der Waals surface area contributed by atoms with Crippen molar-refractivity contribution >= 4 is 24.1 Å². The van der Waals surface area contributed by atoms with E-state index in [1.54, 1.807) is 0 Å². The van der Waals surface area contributed by atoms with E-state index in [0.29, 0.717) is 17.5 Å². The van der Waals surface area contributed by atoms with Crippen LogP contribution in [0.25, 0.3) is 0 Å². The second-order valence-electron chi connectivity index (χ2n) is 4.88. The Bertz CT molecular complexity index is 520. The van der Waals surface area contributed by atoms with E-state index in [0.717, 1.165) is 13.1 Å². The molecule has 0 radical (unpaired) electrons. The van der Waals surface area contributed by atoms with E-state index in [4.69, 9.17) is 0 Å². The summed E-state index contributed by atoms with van der Waals surface area (Å²) < 4.78 is 1.31. The summed E-state index contributed by atoms with van der Waals surface area (Å²) in [5, 5.41) is 16.9. The summed E-state index contributed by atoms with van der Waals surface area (Å²) >= 11 is 0. The number of nitrogens with one attached hydrogen (secondary N) is 2. The minimum Gasteiger partial charge on any atom is -0.358 e. The number of amides is 1. The Morgan fingerprint density at radius 1 is 1.47 bits per heavy atom. The van der Waals surface area contributed by atoms with Crippen LogP contribution in [0.2, 0.25) is 0 Å². The van der Waals surface area contributed by atoms with Crippen LogP contribution < -0.4 is 10.6 Å². The Labute approximate surface area is 115 Å². The lowest BCUT2D eigenvalue weighted by Crippen LogP contribution is -2.33. The summed E-state index contributed by atoms with van der Waals surface area (Å²) in [6.45, 7) is 1.89. The van der Waals surface area contributed by atoms with Crippen molar-refractivity contribution in [1.82, 2.24) is 15.2 Å². The molecule has 8 heteroatoms. The van der Waals surface area contributed by atoms with Crippen LogP contribution in [0.5, 0.6) is 0 Å². The molecule has 0 spiro atoms. The highest BCUT2D eigenvalue weighted by molar-refractivity contribution is 5.93. The van der Waals surface area contributed by atoms with E-state index in [2.05, 4.69) is 10.6 Å². The summed E-state index contributed by atoms with van der Waals surface area (Å²) in [5.74, 6) is 0.760. The van der Waals surface area contributed by atoms with Crippen LogP contribution in [-0.2, 0) is 7.05 Å². The number of carbonyl (C=O) groups excluding carboxylic acids is 1. The molecule has 1 aliphatic carbocycles. The van der Waals surface area contributed by atoms with Crippen LogP contribution in [0.3, 0.4) is 0 Å². The van der Waals surface area contributed by atoms with E-state index in [1.807, 2.05) is 0 Å². The fourth-order valence-corrected chi connectivity index (χ4v) is 2.77. The Morgan fingerprint density at radius 2 is 2.11 bits per heavy atom. The molecule has 2 N–H and O–H groups in total. The van der Waals surface area contributed by atoms with Gasteiger partial charge in [0, 0.05) is 25.2 Å². The van der Waals surface area contributed by atoms with Crippen molar-refractivity contribution in [1.29, 1.82) is 0 Å². The summed E-state index contributed by atoms with van der Waals surface area (Å²) in [6.07, 6.45) is 0. The molecular formula is C11H15ClN4O3. The average molecular weight is 287 g/mol. The van der Waals surface area contributed by atoms with Gasteiger partial charge in [0.1, 0.15) is 0 Å². The van der Waals surface area contributed by atoms with Crippen LogP contribution in [-0.4, -0.2) is 34.5 Å². The predicted molar refractivity (Wildman–Crippen MR) is 70.4 cm³/mol. The number of rotatable bonds is 3. The molecule has 0 bridgehead atoms. The van der Waals surface area contributed by atoms with Gasteiger partial charge < -0.3 is 20.7 Å². The zero-order chi connectivity index (χ0) is 12.9. The largest absolute Gasteiger partial charge is 0.358 e. The van der Waals surface area contributed by atoms with Crippen molar-refractivity contribution < 1.29 is 9.72 Å². The number of hydrogen-bond acceptors (Lipinski definition) is 4. The molecule has 1 saturated carbocycles. The molecule has 1 amide bonds. The lowest BCUT2D eigenvalue weighted by molar-refractivity contribution is -0.391. The molecule has 1 aromatic rings. The Kier molecular flexibility index (Phi) is 3.51. The first-order chi connectivity index (χ1) is 8.59. The first kappa shape index (κ1) is 13.8. The molecule has 1 aliphatic heterocycles. The van der Waals surface area contributed by atoms with E-state index < -0.39 is 4.92 Å². The third kappa shape index (κ3) is 2.19. The van der Waals surface area contributed by atoms with E-state index >= 15 is 0 Å². The zero-order valence-electron chi connectivity index (χ0n) is 10.3. The predicted octanol–water partition coefficient (Wildman–Crippen LogP) is 0.303. The normalized spacial score (nSPS) is 27.3. The van der Waals surface area contributed by atoms with Gasteiger partial charge in [-0.25, -0.2) is 4.57 Å². The Hall–Kier alpha value is -1.60. The molecule has 1 saturated heterocycles. The second-order valence-corrected chi connectivity index (χ2v) is 4.88. The monoisotopic (exact) mass is 286 g/mol. The number of piperidine rings is 1. The number of hydrogen-bond donors (Lipinski definition) is 2. The molecule has 0 aromatic carbocycles. The minimum atomic E-state index is -0.493. The first-order valence-corrected chi connectivity index (χ1v) is 5.91. The molecule has 1 aromatic heterocycles. The van der Waals surface area contributed by atoms with E-state index in [9.17, 15) is 14.9 Å². The standard InChI is InChI=1S/C11H14N4O3.ClH/c1-14-8(2-3-9(14)15(17)18)11(16)13-10-6-4-12-5-7(6)10;/h2-3,6-7,10,12H,4-5H2,1H3,(H,13,16);1H. The molecule has 2 unspecified atom stereocenters. The number of fused-ring (bicyclic) bond motifs is 1. The number of carbonyl (C=O) groups is 1. The lowest BCUT2D eigenvalue weighted by atomic mass is 10.3. The molecule has 2 heterocycles. The third-order valence-corrected chi connectivity index (χ3v) is 3.90. The maximum absolute atomic E-state index is 12.0. The fraction of sp³-hybridized carbons (Fsp3) is 0.545. The third-order valence-electron chi connectivity index (χ3n) is 3.90. The summed E-state index contributed by atoms with van der Waals surface area (Å²) in [5.41, 5.74) is 0.333. The Balaban J connectivity index is 0.00000133. The van der Waals surface area contributed by atoms with Crippen LogP contribution in [0, 0.1) is 22.0 Å². The van der Waals surface area contributed by atoms with Gasteiger partial charge in [0.05, 0.1) is 7.05 Å². The highest BCUT2D eigenvalue weighted by Gasteiger charge is 2.53. The van der Waals surface area contributed by atoms with Gasteiger partial charge in [-0.1, -0.05) is 0 Å². The average Bonchev–Trinajstić information content (AvgIpc) is 2.72. The van der Waals surface area contributed by atoms with Crippen LogP contribution in [0.4, 0.5) is 5.82 Å². The molecule has 2 atom stereocenters. The van der Waals surface area contributed by atoms with Crippen molar-refractivity contribution in [3.63, 3.8) is 0 Å². The highest BCUT2D eigenvalue weighted by Crippen LogP contribution is 2.41. The molecule has 7 nitrogen and oxygen atoms in total. The molecule has 3 rings (SSSR count). The van der Waals surface area contributed by atoms with Gasteiger partial charge in [-0.3, -0.25) is 4.79 Å². The second kappa shape index (κ2) is 4.82. The number of halogens is 1. The molecular weight excluding hydrogens is 272 g/mol. The fourth-order valence-electron chi connectivity index (χ4n) is 2.77. The first-order valence-electron chi connectivity index (χ1n) is 5.91. The van der Waals surface area contributed by atoms with Crippen molar-refractivity contribution in [2.45, 2.75) is 6.04 Å². The topological polar surface area (TPSA) is 89.2 Å². The van der Waals surface area contributed by atoms with E-state index in [1.165, 1.54) is 23.7 Å². The van der Waals surface area contributed by atoms with E-state index in [-0.39, 0.29) is 30.2 Å². The number of nitro groups is 1. The van der Waals surface area contributed by atoms with Gasteiger partial charge >= 0.3 is 5.82 Å². The van der Waals surface area contributed by atoms with Gasteiger partial charge in [-0.2, -0.15) is 0 Å². The molecule has 104 valence electrons. The summed E-state index contributed by atoms with van der Waals surface area (Å²) in [6, 6.07) is 3.07. The maximum atomic E-state index is 12.0. The van der Waals surface area contributed by atoms with Crippen molar-refractivity contribution in [2.24, 2.45) is 18.9 Å².